The van der Waals surface area contributed by atoms with E-state index in [2.05, 4.69) is 110 Å². The van der Waals surface area contributed by atoms with Gasteiger partial charge in [0.2, 0.25) is 0 Å². The van der Waals surface area contributed by atoms with Crippen molar-refractivity contribution in [2.75, 3.05) is 0 Å². The second kappa shape index (κ2) is 10.7. The maximum atomic E-state index is 6.71. The number of aromatic nitrogens is 7. The molecular weight excluding hydrogens is 631 g/mol. The fourth-order valence-corrected chi connectivity index (χ4v) is 7.58. The van der Waals surface area contributed by atoms with E-state index in [4.69, 9.17) is 19.7 Å². The molecule has 1 aliphatic heterocycles. The molecule has 6 heterocycles. The van der Waals surface area contributed by atoms with Crippen LogP contribution in [0.1, 0.15) is 0 Å². The number of pyridine rings is 2. The predicted octanol–water partition coefficient (Wildman–Crippen LogP) is 9.96. The smallest absolute Gasteiger partial charge is 0.164 e. The summed E-state index contributed by atoms with van der Waals surface area (Å²) in [6.45, 7) is 0. The van der Waals surface area contributed by atoms with Gasteiger partial charge in [-0.1, -0.05) is 60.7 Å². The Morgan fingerprint density at radius 3 is 1.73 bits per heavy atom. The van der Waals surface area contributed by atoms with E-state index in [0.717, 1.165) is 61.6 Å². The molecule has 0 amide bonds. The van der Waals surface area contributed by atoms with Gasteiger partial charge in [0.05, 0.1) is 27.8 Å². The molecule has 0 saturated heterocycles. The lowest BCUT2D eigenvalue weighted by molar-refractivity contribution is 0.477. The van der Waals surface area contributed by atoms with E-state index in [1.807, 2.05) is 36.4 Å². The third-order valence-corrected chi connectivity index (χ3v) is 9.74. The van der Waals surface area contributed by atoms with Crippen molar-refractivity contribution in [3.05, 3.63) is 152 Å². The maximum Gasteiger partial charge on any atom is 0.164 e. The molecule has 1 aliphatic rings. The first-order valence-corrected chi connectivity index (χ1v) is 16.7. The molecule has 0 radical (unpaired) electrons. The molecule has 0 N–H and O–H groups in total. The van der Waals surface area contributed by atoms with Crippen molar-refractivity contribution in [3.63, 3.8) is 0 Å². The Morgan fingerprint density at radius 1 is 0.431 bits per heavy atom. The minimum atomic E-state index is 0.576. The van der Waals surface area contributed by atoms with Crippen molar-refractivity contribution in [1.82, 2.24) is 34.1 Å². The first-order valence-electron chi connectivity index (χ1n) is 16.7. The van der Waals surface area contributed by atoms with Crippen LogP contribution in [0, 0.1) is 0 Å². The zero-order valence-corrected chi connectivity index (χ0v) is 27.0. The van der Waals surface area contributed by atoms with Crippen LogP contribution >= 0.6 is 0 Å². The van der Waals surface area contributed by atoms with Crippen LogP contribution in [0.25, 0.3) is 89.2 Å². The first-order chi connectivity index (χ1) is 25.3. The molecule has 8 nitrogen and oxygen atoms in total. The average Bonchev–Trinajstić information content (AvgIpc) is 3.72. The molecule has 0 unspecified atom stereocenters. The molecule has 0 saturated carbocycles. The minimum Gasteiger partial charge on any atom is -0.453 e. The number of fused-ring (bicyclic) bond motifs is 9. The summed E-state index contributed by atoms with van der Waals surface area (Å²) in [6, 6.07) is 43.8. The highest BCUT2D eigenvalue weighted by Gasteiger charge is 2.28. The van der Waals surface area contributed by atoms with Crippen molar-refractivity contribution in [2.45, 2.75) is 0 Å². The van der Waals surface area contributed by atoms with E-state index in [9.17, 15) is 0 Å². The molecule has 51 heavy (non-hydrogen) atoms. The van der Waals surface area contributed by atoms with Crippen LogP contribution in [0.5, 0.6) is 11.5 Å². The van der Waals surface area contributed by atoms with Crippen LogP contribution in [-0.4, -0.2) is 34.1 Å². The normalized spacial score (nSPS) is 12.1. The first kappa shape index (κ1) is 27.7. The van der Waals surface area contributed by atoms with Gasteiger partial charge in [0.1, 0.15) is 0 Å². The summed E-state index contributed by atoms with van der Waals surface area (Å²) < 4.78 is 11.4. The summed E-state index contributed by atoms with van der Waals surface area (Å²) in [5.41, 5.74) is 9.02. The van der Waals surface area contributed by atoms with E-state index >= 15 is 0 Å². The van der Waals surface area contributed by atoms with Crippen LogP contribution < -0.4 is 4.74 Å². The number of hydrogen-bond donors (Lipinski definition) is 0. The van der Waals surface area contributed by atoms with Crippen molar-refractivity contribution < 1.29 is 4.74 Å². The van der Waals surface area contributed by atoms with Gasteiger partial charge in [-0.3, -0.25) is 9.97 Å². The van der Waals surface area contributed by atoms with E-state index < -0.39 is 0 Å². The number of rotatable bonds is 4. The van der Waals surface area contributed by atoms with Crippen LogP contribution in [0.3, 0.4) is 0 Å². The van der Waals surface area contributed by atoms with Gasteiger partial charge in [-0.05, 0) is 60.7 Å². The number of hydrogen-bond acceptors (Lipinski definition) is 6. The van der Waals surface area contributed by atoms with Crippen LogP contribution in [0.4, 0.5) is 0 Å². The van der Waals surface area contributed by atoms with E-state index in [1.165, 1.54) is 21.5 Å². The summed E-state index contributed by atoms with van der Waals surface area (Å²) in [6.07, 6.45) is 6.99. The predicted molar refractivity (Wildman–Crippen MR) is 200 cm³/mol. The highest BCUT2D eigenvalue weighted by atomic mass is 16.5. The number of nitrogens with zero attached hydrogens (tertiary/aromatic N) is 7. The Labute approximate surface area is 290 Å². The highest BCUT2D eigenvalue weighted by Crippen LogP contribution is 2.50. The molecule has 0 bridgehead atoms. The van der Waals surface area contributed by atoms with E-state index in [1.54, 1.807) is 24.8 Å². The number of benzene rings is 5. The van der Waals surface area contributed by atoms with Gasteiger partial charge >= 0.3 is 0 Å². The van der Waals surface area contributed by atoms with Crippen molar-refractivity contribution >= 4 is 43.6 Å². The molecule has 238 valence electrons. The maximum absolute atomic E-state index is 6.71. The summed E-state index contributed by atoms with van der Waals surface area (Å²) >= 11 is 0. The average molecular weight is 656 g/mol. The summed E-state index contributed by atoms with van der Waals surface area (Å²) in [5, 5.41) is 4.73. The highest BCUT2D eigenvalue weighted by molar-refractivity contribution is 6.30. The lowest BCUT2D eigenvalue weighted by Crippen LogP contribution is -2.04. The van der Waals surface area contributed by atoms with Crippen molar-refractivity contribution in [1.29, 1.82) is 0 Å². The van der Waals surface area contributed by atoms with Gasteiger partial charge < -0.3 is 13.9 Å². The van der Waals surface area contributed by atoms with Gasteiger partial charge in [-0.15, -0.1) is 0 Å². The summed E-state index contributed by atoms with van der Waals surface area (Å²) in [5.74, 6) is 3.39. The summed E-state index contributed by atoms with van der Waals surface area (Å²) in [7, 11) is 0. The molecule has 5 aromatic heterocycles. The van der Waals surface area contributed by atoms with Gasteiger partial charge in [-0.2, -0.15) is 0 Å². The molecular formula is C43H25N7O. The fourth-order valence-electron chi connectivity index (χ4n) is 7.58. The van der Waals surface area contributed by atoms with E-state index in [-0.39, 0.29) is 0 Å². The summed E-state index contributed by atoms with van der Waals surface area (Å²) in [4.78, 5) is 23.2. The van der Waals surface area contributed by atoms with Gasteiger partial charge in [-0.25, -0.2) is 15.0 Å². The lowest BCUT2D eigenvalue weighted by Gasteiger charge is -2.21. The zero-order chi connectivity index (χ0) is 33.5. The van der Waals surface area contributed by atoms with Gasteiger partial charge in [0.25, 0.3) is 0 Å². The second-order valence-electron chi connectivity index (χ2n) is 12.6. The molecule has 0 fully saturated rings. The topological polar surface area (TPSA) is 83.5 Å². The zero-order valence-electron chi connectivity index (χ0n) is 27.0. The van der Waals surface area contributed by atoms with Crippen LogP contribution in [-0.2, 0) is 0 Å². The third-order valence-electron chi connectivity index (χ3n) is 9.74. The van der Waals surface area contributed by atoms with Gasteiger partial charge in [0, 0.05) is 74.8 Å². The minimum absolute atomic E-state index is 0.576. The van der Waals surface area contributed by atoms with E-state index in [0.29, 0.717) is 17.5 Å². The molecule has 0 aliphatic carbocycles. The Morgan fingerprint density at radius 2 is 1.02 bits per heavy atom. The lowest BCUT2D eigenvalue weighted by atomic mass is 10.0. The fraction of sp³-hybridized carbons (Fsp3) is 0. The molecule has 0 atom stereocenters. The Kier molecular flexibility index (Phi) is 5.79. The third kappa shape index (κ3) is 4.10. The monoisotopic (exact) mass is 655 g/mol. The van der Waals surface area contributed by atoms with Crippen LogP contribution in [0.2, 0.25) is 0 Å². The Balaban J connectivity index is 1.18. The second-order valence-corrected chi connectivity index (χ2v) is 12.6. The Hall–Kier alpha value is -7.19. The number of para-hydroxylation sites is 4. The number of ether oxygens (including phenoxy) is 1. The standard InChI is InChI=1S/C43H25N7O/c1-3-12-32-30(10-1)38-35(25-37-40-39(38)31-11-2-4-13-33(31)50(40)34-14-5-6-15-36(34)51-37)49(32)29-9-7-8-28(24-29)43-47-41(26-16-20-44-21-17-26)46-42(48-43)27-18-22-45-23-19-27/h1-25H. The van der Waals surface area contributed by atoms with Gasteiger partial charge in [0.15, 0.2) is 29.0 Å². The molecule has 8 heteroatoms. The van der Waals surface area contributed by atoms with Crippen molar-refractivity contribution in [2.24, 2.45) is 0 Å². The quantitative estimate of drug-likeness (QED) is 0.188. The van der Waals surface area contributed by atoms with Crippen molar-refractivity contribution in [3.8, 4) is 57.0 Å². The molecule has 0 spiro atoms. The largest absolute Gasteiger partial charge is 0.453 e. The Bertz CT molecular complexity index is 2950. The SMILES string of the molecule is c1cc(-c2nc(-c3ccncc3)nc(-c3ccncc3)n2)cc(-n2c3ccccc3c3c4c5ccccc5n5c4c(cc32)Oc2ccccc2-5)c1. The molecule has 5 aromatic carbocycles. The van der Waals surface area contributed by atoms with Crippen LogP contribution in [0.15, 0.2) is 152 Å². The molecule has 11 rings (SSSR count). The molecule has 10 aromatic rings.